The molecule has 0 bridgehead atoms. The quantitative estimate of drug-likeness (QED) is 0.762. The molecule has 0 unspecified atom stereocenters. The molecule has 0 aliphatic rings. The highest BCUT2D eigenvalue weighted by atomic mass is 32.2. The highest BCUT2D eigenvalue weighted by Gasteiger charge is 2.17. The van der Waals surface area contributed by atoms with E-state index in [1.807, 2.05) is 19.1 Å². The minimum Gasteiger partial charge on any atom is -0.262 e. The number of nitrogens with one attached hydrogen (secondary N) is 1. The van der Waals surface area contributed by atoms with Crippen LogP contribution in [0.25, 0.3) is 5.69 Å². The average Bonchev–Trinajstić information content (AvgIpc) is 3.05. The van der Waals surface area contributed by atoms with Gasteiger partial charge >= 0.3 is 0 Å². The third-order valence-corrected chi connectivity index (χ3v) is 5.07. The van der Waals surface area contributed by atoms with Crippen LogP contribution < -0.4 is 4.72 Å². The highest BCUT2D eigenvalue weighted by Crippen LogP contribution is 2.17. The number of nitrogens with zero attached hydrogens (tertiary/aromatic N) is 4. The predicted molar refractivity (Wildman–Crippen MR) is 89.1 cm³/mol. The summed E-state index contributed by atoms with van der Waals surface area (Å²) in [4.78, 5) is 4.29. The maximum atomic E-state index is 12.5. The molecular weight excluding hydrogens is 326 g/mol. The van der Waals surface area contributed by atoms with Crippen molar-refractivity contribution in [1.82, 2.24) is 24.7 Å². The molecule has 124 valence electrons. The van der Waals surface area contributed by atoms with E-state index < -0.39 is 10.0 Å². The van der Waals surface area contributed by atoms with Crippen LogP contribution in [-0.2, 0) is 16.6 Å². The van der Waals surface area contributed by atoms with E-state index in [1.165, 1.54) is 0 Å². The molecule has 1 N–H and O–H groups in total. The van der Waals surface area contributed by atoms with Gasteiger partial charge in [-0.1, -0.05) is 17.3 Å². The predicted octanol–water partition coefficient (Wildman–Crippen LogP) is 1.76. The van der Waals surface area contributed by atoms with Crippen LogP contribution in [-0.4, -0.2) is 28.4 Å². The van der Waals surface area contributed by atoms with E-state index in [9.17, 15) is 8.42 Å². The Morgan fingerprint density at radius 2 is 2.04 bits per heavy atom. The number of hydrogen-bond acceptors (Lipinski definition) is 5. The molecule has 0 aliphatic carbocycles. The number of rotatable bonds is 5. The molecule has 8 heteroatoms. The van der Waals surface area contributed by atoms with Gasteiger partial charge in [-0.2, -0.15) is 0 Å². The van der Waals surface area contributed by atoms with Gasteiger partial charge in [0.2, 0.25) is 10.0 Å². The number of pyridine rings is 1. The zero-order valence-electron chi connectivity index (χ0n) is 13.3. The van der Waals surface area contributed by atoms with Crippen LogP contribution in [0.1, 0.15) is 16.8 Å². The van der Waals surface area contributed by atoms with Crippen LogP contribution in [0.4, 0.5) is 0 Å². The van der Waals surface area contributed by atoms with Gasteiger partial charge in [0, 0.05) is 6.20 Å². The first-order valence-corrected chi connectivity index (χ1v) is 8.82. The Morgan fingerprint density at radius 1 is 1.21 bits per heavy atom. The molecule has 0 saturated carbocycles. The van der Waals surface area contributed by atoms with E-state index in [1.54, 1.807) is 48.4 Å². The molecule has 0 saturated heterocycles. The highest BCUT2D eigenvalue weighted by molar-refractivity contribution is 7.89. The Hall–Kier alpha value is -2.58. The Balaban J connectivity index is 1.76. The van der Waals surface area contributed by atoms with Crippen molar-refractivity contribution in [2.24, 2.45) is 0 Å². The molecule has 1 aromatic carbocycles. The first kappa shape index (κ1) is 16.3. The Bertz CT molecular complexity index is 952. The number of aromatic nitrogens is 4. The summed E-state index contributed by atoms with van der Waals surface area (Å²) in [6.07, 6.45) is 4.99. The third-order valence-electron chi connectivity index (χ3n) is 3.53. The van der Waals surface area contributed by atoms with Gasteiger partial charge in [-0.15, -0.1) is 5.10 Å². The minimum atomic E-state index is -3.61. The fraction of sp³-hybridized carbons (Fsp3) is 0.188. The van der Waals surface area contributed by atoms with E-state index in [4.69, 9.17) is 0 Å². The zero-order valence-corrected chi connectivity index (χ0v) is 14.2. The van der Waals surface area contributed by atoms with Crippen molar-refractivity contribution in [1.29, 1.82) is 0 Å². The van der Waals surface area contributed by atoms with E-state index in [0.717, 1.165) is 11.3 Å². The molecule has 0 atom stereocenters. The molecule has 2 aromatic heterocycles. The molecule has 24 heavy (non-hydrogen) atoms. The summed E-state index contributed by atoms with van der Waals surface area (Å²) in [5, 5.41) is 7.97. The largest absolute Gasteiger partial charge is 0.262 e. The van der Waals surface area contributed by atoms with Crippen LogP contribution in [0.2, 0.25) is 0 Å². The molecule has 0 aliphatic heterocycles. The smallest absolute Gasteiger partial charge is 0.241 e. The number of sulfonamides is 1. The molecule has 0 amide bonds. The van der Waals surface area contributed by atoms with Gasteiger partial charge in [0.25, 0.3) is 0 Å². The Morgan fingerprint density at radius 3 is 2.79 bits per heavy atom. The van der Waals surface area contributed by atoms with Gasteiger partial charge in [0.05, 0.1) is 35.2 Å². The van der Waals surface area contributed by atoms with Gasteiger partial charge in [-0.25, -0.2) is 17.8 Å². The molecule has 3 rings (SSSR count). The van der Waals surface area contributed by atoms with Crippen molar-refractivity contribution in [3.63, 3.8) is 0 Å². The van der Waals surface area contributed by atoms with Crippen LogP contribution in [0.15, 0.2) is 53.8 Å². The summed E-state index contributed by atoms with van der Waals surface area (Å²) in [6, 6.07) is 8.96. The van der Waals surface area contributed by atoms with Crippen molar-refractivity contribution < 1.29 is 8.42 Å². The van der Waals surface area contributed by atoms with E-state index in [-0.39, 0.29) is 11.4 Å². The van der Waals surface area contributed by atoms with Crippen molar-refractivity contribution in [2.75, 3.05) is 0 Å². The normalized spacial score (nSPS) is 11.6. The van der Waals surface area contributed by atoms with Crippen molar-refractivity contribution in [3.05, 3.63) is 65.7 Å². The summed E-state index contributed by atoms with van der Waals surface area (Å²) in [7, 11) is -3.61. The second-order valence-electron chi connectivity index (χ2n) is 5.46. The van der Waals surface area contributed by atoms with Gasteiger partial charge in [-0.3, -0.25) is 4.98 Å². The van der Waals surface area contributed by atoms with Gasteiger partial charge < -0.3 is 0 Å². The fourth-order valence-electron chi connectivity index (χ4n) is 2.24. The molecular formula is C16H17N5O2S. The van der Waals surface area contributed by atoms with Crippen LogP contribution in [0.3, 0.4) is 0 Å². The number of hydrogen-bond donors (Lipinski definition) is 1. The van der Waals surface area contributed by atoms with E-state index in [0.29, 0.717) is 11.3 Å². The van der Waals surface area contributed by atoms with Gasteiger partial charge in [0.15, 0.2) is 0 Å². The summed E-state index contributed by atoms with van der Waals surface area (Å²) in [5.74, 6) is 0. The standard InChI is InChI=1S/C16H17N5O2S/c1-12-5-6-13(2)16(8-12)24(22,23)18-9-14-11-21(20-19-14)15-4-3-7-17-10-15/h3-8,10-11,18H,9H2,1-2H3. The Kier molecular flexibility index (Phi) is 4.41. The minimum absolute atomic E-state index is 0.0655. The molecule has 3 aromatic rings. The lowest BCUT2D eigenvalue weighted by Gasteiger charge is -2.09. The lowest BCUT2D eigenvalue weighted by Crippen LogP contribution is -2.24. The van der Waals surface area contributed by atoms with Gasteiger partial charge in [0.1, 0.15) is 0 Å². The summed E-state index contributed by atoms with van der Waals surface area (Å²) in [6.45, 7) is 3.70. The second kappa shape index (κ2) is 6.50. The summed E-state index contributed by atoms with van der Waals surface area (Å²) in [5.41, 5.74) is 2.87. The van der Waals surface area contributed by atoms with Gasteiger partial charge in [-0.05, 0) is 43.2 Å². The van der Waals surface area contributed by atoms with Crippen molar-refractivity contribution in [3.8, 4) is 5.69 Å². The zero-order chi connectivity index (χ0) is 17.2. The number of benzene rings is 1. The molecule has 0 fully saturated rings. The second-order valence-corrected chi connectivity index (χ2v) is 7.19. The lowest BCUT2D eigenvalue weighted by atomic mass is 10.2. The van der Waals surface area contributed by atoms with Crippen molar-refractivity contribution in [2.45, 2.75) is 25.3 Å². The third kappa shape index (κ3) is 3.50. The van der Waals surface area contributed by atoms with E-state index in [2.05, 4.69) is 20.0 Å². The first-order chi connectivity index (χ1) is 11.5. The summed E-state index contributed by atoms with van der Waals surface area (Å²) < 4.78 is 29.1. The monoisotopic (exact) mass is 343 g/mol. The molecule has 7 nitrogen and oxygen atoms in total. The first-order valence-electron chi connectivity index (χ1n) is 7.34. The van der Waals surface area contributed by atoms with Crippen LogP contribution in [0, 0.1) is 13.8 Å². The topological polar surface area (TPSA) is 89.8 Å². The molecule has 2 heterocycles. The van der Waals surface area contributed by atoms with Crippen LogP contribution >= 0.6 is 0 Å². The van der Waals surface area contributed by atoms with Crippen molar-refractivity contribution >= 4 is 10.0 Å². The maximum absolute atomic E-state index is 12.5. The Labute approximate surface area is 140 Å². The molecule has 0 radical (unpaired) electrons. The van der Waals surface area contributed by atoms with Crippen LogP contribution in [0.5, 0.6) is 0 Å². The molecule has 0 spiro atoms. The summed E-state index contributed by atoms with van der Waals surface area (Å²) >= 11 is 0. The number of aryl methyl sites for hydroxylation is 2. The van der Waals surface area contributed by atoms with E-state index >= 15 is 0 Å². The fourth-order valence-corrected chi connectivity index (χ4v) is 3.56. The SMILES string of the molecule is Cc1ccc(C)c(S(=O)(=O)NCc2cn(-c3cccnc3)nn2)c1. The lowest BCUT2D eigenvalue weighted by molar-refractivity contribution is 0.579. The average molecular weight is 343 g/mol. The maximum Gasteiger partial charge on any atom is 0.241 e.